The van der Waals surface area contributed by atoms with Crippen molar-refractivity contribution in [1.29, 1.82) is 0 Å². The van der Waals surface area contributed by atoms with Crippen LogP contribution in [0.3, 0.4) is 0 Å². The third-order valence-electron chi connectivity index (χ3n) is 10.7. The lowest BCUT2D eigenvalue weighted by molar-refractivity contribution is -0.146. The molecule has 1 unspecified atom stereocenters. The molecule has 1 atom stereocenters. The minimum absolute atomic E-state index is 0.00887. The Labute approximate surface area is 330 Å². The highest BCUT2D eigenvalue weighted by molar-refractivity contribution is 6.05. The molecule has 5 amide bonds. The largest absolute Gasteiger partial charge is 0.477 e. The van der Waals surface area contributed by atoms with Crippen LogP contribution in [0.2, 0.25) is 0 Å². The molecule has 5 rings (SSSR count). The highest BCUT2D eigenvalue weighted by Crippen LogP contribution is 2.37. The van der Waals surface area contributed by atoms with Crippen molar-refractivity contribution < 1.29 is 38.2 Å². The minimum atomic E-state index is -1.37. The van der Waals surface area contributed by atoms with E-state index in [2.05, 4.69) is 21.3 Å². The second-order valence-corrected chi connectivity index (χ2v) is 14.5. The van der Waals surface area contributed by atoms with Crippen LogP contribution in [0.4, 0.5) is 25.4 Å². The third-order valence-corrected chi connectivity index (χ3v) is 10.7. The molecule has 16 nitrogen and oxygen atoms in total. The number of benzene rings is 2. The van der Waals surface area contributed by atoms with Gasteiger partial charge in [-0.15, -0.1) is 0 Å². The molecule has 2 heterocycles. The van der Waals surface area contributed by atoms with E-state index < -0.39 is 40.3 Å². The lowest BCUT2D eigenvalue weighted by Crippen LogP contribution is -2.55. The Morgan fingerprint density at radius 2 is 1.67 bits per heavy atom. The van der Waals surface area contributed by atoms with Gasteiger partial charge in [-0.1, -0.05) is 31.4 Å². The van der Waals surface area contributed by atoms with Crippen molar-refractivity contribution in [3.05, 3.63) is 69.8 Å². The van der Waals surface area contributed by atoms with E-state index >= 15 is 4.39 Å². The average Bonchev–Trinajstić information content (AvgIpc) is 3.21. The van der Waals surface area contributed by atoms with Crippen molar-refractivity contribution in [2.24, 2.45) is 11.1 Å². The van der Waals surface area contributed by atoms with Crippen LogP contribution in [0.15, 0.2) is 47.4 Å². The summed E-state index contributed by atoms with van der Waals surface area (Å²) in [5.74, 6) is -2.56. The number of aromatic nitrogens is 1. The number of amides is 5. The first-order chi connectivity index (χ1) is 27.4. The minimum Gasteiger partial charge on any atom is -0.477 e. The van der Waals surface area contributed by atoms with Crippen LogP contribution in [0.1, 0.15) is 74.7 Å². The molecule has 0 radical (unpaired) electrons. The van der Waals surface area contributed by atoms with E-state index in [1.807, 2.05) is 31.2 Å². The van der Waals surface area contributed by atoms with Gasteiger partial charge in [-0.2, -0.15) is 0 Å². The second-order valence-electron chi connectivity index (χ2n) is 14.5. The Kier molecular flexibility index (Phi) is 14.3. The predicted molar refractivity (Wildman–Crippen MR) is 213 cm³/mol. The molecule has 57 heavy (non-hydrogen) atoms. The van der Waals surface area contributed by atoms with Gasteiger partial charge in [-0.05, 0) is 69.4 Å². The smallest absolute Gasteiger partial charge is 0.410 e. The van der Waals surface area contributed by atoms with Gasteiger partial charge in [0.05, 0.1) is 11.2 Å². The van der Waals surface area contributed by atoms with Gasteiger partial charge in [0.1, 0.15) is 23.4 Å². The number of halogens is 1. The van der Waals surface area contributed by atoms with Crippen molar-refractivity contribution in [2.45, 2.75) is 78.0 Å². The number of nitrogens with zero attached hydrogens (tertiary/aromatic N) is 3. The number of aromatic carboxylic acids is 1. The molecule has 3 aromatic rings. The average molecular weight is 793 g/mol. The van der Waals surface area contributed by atoms with Crippen LogP contribution >= 0.6 is 0 Å². The first-order valence-corrected chi connectivity index (χ1v) is 19.6. The fraction of sp³-hybridized carbons (Fsp3) is 0.500. The topological polar surface area (TPSA) is 217 Å². The van der Waals surface area contributed by atoms with Crippen LogP contribution in [0.25, 0.3) is 10.9 Å². The van der Waals surface area contributed by atoms with Crippen LogP contribution < -0.4 is 37.3 Å². The maximum atomic E-state index is 15.3. The third kappa shape index (κ3) is 10.3. The summed E-state index contributed by atoms with van der Waals surface area (Å²) in [6.45, 7) is 6.37. The number of urea groups is 1. The molecular weight excluding hydrogens is 739 g/mol. The van der Waals surface area contributed by atoms with Gasteiger partial charge in [-0.25, -0.2) is 18.8 Å². The highest BCUT2D eigenvalue weighted by atomic mass is 19.1. The van der Waals surface area contributed by atoms with Crippen LogP contribution in [-0.4, -0.2) is 96.3 Å². The van der Waals surface area contributed by atoms with Crippen LogP contribution in [0.5, 0.6) is 0 Å². The number of carboxylic acid groups (broad SMARTS) is 1. The number of anilines is 2. The summed E-state index contributed by atoms with van der Waals surface area (Å²) >= 11 is 0. The molecule has 2 fully saturated rings. The molecule has 1 aromatic heterocycles. The molecule has 0 spiro atoms. The lowest BCUT2D eigenvalue weighted by atomic mass is 9.72. The van der Waals surface area contributed by atoms with E-state index in [0.29, 0.717) is 70.5 Å². The zero-order valence-corrected chi connectivity index (χ0v) is 32.5. The molecule has 0 bridgehead atoms. The van der Waals surface area contributed by atoms with Crippen molar-refractivity contribution in [1.82, 2.24) is 25.4 Å². The second kappa shape index (κ2) is 19.3. The number of pyridine rings is 1. The first-order valence-electron chi connectivity index (χ1n) is 19.6. The van der Waals surface area contributed by atoms with Gasteiger partial charge >= 0.3 is 18.1 Å². The number of ether oxygens (including phenoxy) is 1. The number of carbonyl (C=O) groups excluding carboxylic acids is 4. The Bertz CT molecular complexity index is 1990. The fourth-order valence-electron chi connectivity index (χ4n) is 7.53. The number of carboxylic acids is 1. The molecule has 17 heteroatoms. The summed E-state index contributed by atoms with van der Waals surface area (Å²) in [6.07, 6.45) is 5.40. The van der Waals surface area contributed by atoms with Crippen LogP contribution in [-0.2, 0) is 27.5 Å². The number of carbonyl (C=O) groups is 5. The Morgan fingerprint density at radius 1 is 0.965 bits per heavy atom. The Balaban J connectivity index is 1.14. The molecule has 1 aliphatic heterocycles. The molecular formula is C40H53FN8O8. The number of hydrogen-bond acceptors (Lipinski definition) is 9. The summed E-state index contributed by atoms with van der Waals surface area (Å²) in [6, 6.07) is 8.99. The first kappa shape index (κ1) is 42.3. The zero-order valence-electron chi connectivity index (χ0n) is 32.5. The zero-order chi connectivity index (χ0) is 41.1. The van der Waals surface area contributed by atoms with E-state index in [9.17, 15) is 33.9 Å². The Morgan fingerprint density at radius 3 is 2.30 bits per heavy atom. The number of nitrogens with two attached hydrogens (primary N) is 1. The molecule has 1 aliphatic carbocycles. The van der Waals surface area contributed by atoms with Gasteiger partial charge in [0, 0.05) is 75.7 Å². The maximum absolute atomic E-state index is 15.3. The van der Waals surface area contributed by atoms with E-state index in [1.165, 1.54) is 6.20 Å². The number of nitrogens with one attached hydrogen (secondary N) is 4. The van der Waals surface area contributed by atoms with Crippen molar-refractivity contribution in [3.8, 4) is 0 Å². The molecule has 2 aromatic carbocycles. The van der Waals surface area contributed by atoms with E-state index in [-0.39, 0.29) is 48.6 Å². The fourth-order valence-corrected chi connectivity index (χ4v) is 7.53. The van der Waals surface area contributed by atoms with Gasteiger partial charge in [0.25, 0.3) is 0 Å². The number of fused-ring (bicyclic) bond motifs is 1. The van der Waals surface area contributed by atoms with Gasteiger partial charge in [0.15, 0.2) is 0 Å². The summed E-state index contributed by atoms with van der Waals surface area (Å²) < 4.78 is 22.5. The lowest BCUT2D eigenvalue weighted by Gasteiger charge is -2.36. The molecule has 2 aliphatic rings. The van der Waals surface area contributed by atoms with Crippen molar-refractivity contribution in [2.75, 3.05) is 56.0 Å². The predicted octanol–water partition coefficient (Wildman–Crippen LogP) is 3.75. The SMILES string of the molecule is CCNC(=O)C1(C(=O)NC(CCCNC(N)=O)CNc2ccc(COC(=O)N3CCN(c4cc5c(cc4F)c(=O)c(C(=O)O)cn5CC)CC3)cc2)CCCCC1. The standard InChI is InChI=1S/C40H53FN8O8/c1-3-43-36(53)40(14-6-5-7-15-40)37(54)46-28(9-8-16-44-38(42)55)23-45-27-12-10-26(11-13-27)25-57-39(56)49-19-17-48(18-20-49)33-22-32-29(21-31(33)41)34(50)30(35(51)52)24-47(32)4-2/h10-13,21-22,24,28,45H,3-9,14-20,23,25H2,1-2H3,(H,43,53)(H,46,54)(H,51,52)(H3,42,44,55). The van der Waals surface area contributed by atoms with Gasteiger partial charge in [-0.3, -0.25) is 14.4 Å². The quantitative estimate of drug-likeness (QED) is 0.0912. The molecule has 1 saturated carbocycles. The number of rotatable bonds is 16. The molecule has 7 N–H and O–H groups in total. The maximum Gasteiger partial charge on any atom is 0.410 e. The number of primary amides is 1. The van der Waals surface area contributed by atoms with Gasteiger partial charge in [0.2, 0.25) is 17.2 Å². The number of hydrogen-bond donors (Lipinski definition) is 6. The van der Waals surface area contributed by atoms with Crippen LogP contribution in [0, 0.1) is 11.2 Å². The summed E-state index contributed by atoms with van der Waals surface area (Å²) in [5.41, 5.74) is 5.14. The van der Waals surface area contributed by atoms with E-state index in [4.69, 9.17) is 10.5 Å². The highest BCUT2D eigenvalue weighted by Gasteiger charge is 2.46. The monoisotopic (exact) mass is 792 g/mol. The number of piperazine rings is 1. The normalized spacial score (nSPS) is 15.7. The number of aryl methyl sites for hydroxylation is 1. The van der Waals surface area contributed by atoms with Gasteiger partial charge < -0.3 is 51.2 Å². The summed E-state index contributed by atoms with van der Waals surface area (Å²) in [4.78, 5) is 78.6. The van der Waals surface area contributed by atoms with Crippen molar-refractivity contribution >= 4 is 52.2 Å². The molecule has 308 valence electrons. The Hall–Kier alpha value is -5.87. The van der Waals surface area contributed by atoms with E-state index in [1.54, 1.807) is 27.4 Å². The summed E-state index contributed by atoms with van der Waals surface area (Å²) in [7, 11) is 0. The molecule has 1 saturated heterocycles. The summed E-state index contributed by atoms with van der Waals surface area (Å²) in [5, 5.41) is 21.3. The van der Waals surface area contributed by atoms with E-state index in [0.717, 1.165) is 36.6 Å². The van der Waals surface area contributed by atoms with Crippen molar-refractivity contribution in [3.63, 3.8) is 0 Å².